The van der Waals surface area contributed by atoms with Gasteiger partial charge in [0, 0.05) is 12.6 Å². The van der Waals surface area contributed by atoms with Crippen LogP contribution in [0.25, 0.3) is 0 Å². The van der Waals surface area contributed by atoms with Crippen molar-refractivity contribution in [1.29, 1.82) is 0 Å². The number of halogens is 1. The summed E-state index contributed by atoms with van der Waals surface area (Å²) in [6.07, 6.45) is 0. The first kappa shape index (κ1) is 17.8. The van der Waals surface area contributed by atoms with E-state index in [4.69, 9.17) is 34.3 Å². The van der Waals surface area contributed by atoms with Gasteiger partial charge in [-0.1, -0.05) is 29.9 Å². The molecule has 21 heavy (non-hydrogen) atoms. The third-order valence-electron chi connectivity index (χ3n) is 2.56. The van der Waals surface area contributed by atoms with Crippen molar-refractivity contribution in [2.24, 2.45) is 5.73 Å². The number of benzene rings is 1. The Hall–Kier alpha value is -1.22. The van der Waals surface area contributed by atoms with Gasteiger partial charge in [-0.2, -0.15) is 4.31 Å². The van der Waals surface area contributed by atoms with Crippen LogP contribution in [0.5, 0.6) is 0 Å². The van der Waals surface area contributed by atoms with E-state index in [2.05, 4.69) is 0 Å². The van der Waals surface area contributed by atoms with Gasteiger partial charge in [0.05, 0.1) is 11.6 Å². The van der Waals surface area contributed by atoms with Gasteiger partial charge in [0.1, 0.15) is 16.4 Å². The van der Waals surface area contributed by atoms with Crippen LogP contribution in [-0.2, 0) is 19.6 Å². The van der Waals surface area contributed by atoms with Gasteiger partial charge >= 0.3 is 5.97 Å². The molecule has 9 heteroatoms. The maximum absolute atomic E-state index is 12.3. The Balaban J connectivity index is 3.07. The SMILES string of the molecule is CCOC(=O)CN(C)S(=O)(=O)c1ccc(C(N)=S)cc1Cl. The minimum Gasteiger partial charge on any atom is -0.465 e. The molecule has 0 fully saturated rings. The van der Waals surface area contributed by atoms with Crippen LogP contribution >= 0.6 is 23.8 Å². The number of hydrogen-bond acceptors (Lipinski definition) is 5. The average molecular weight is 351 g/mol. The first-order valence-corrected chi connectivity index (χ1v) is 8.14. The third kappa shape index (κ3) is 4.37. The second-order valence-corrected chi connectivity index (χ2v) is 6.94. The van der Waals surface area contributed by atoms with E-state index in [0.717, 1.165) is 4.31 Å². The number of thiocarbonyl (C=S) groups is 1. The van der Waals surface area contributed by atoms with E-state index in [1.807, 2.05) is 0 Å². The van der Waals surface area contributed by atoms with E-state index >= 15 is 0 Å². The fourth-order valence-electron chi connectivity index (χ4n) is 1.50. The third-order valence-corrected chi connectivity index (χ3v) is 5.08. The van der Waals surface area contributed by atoms with Crippen LogP contribution in [0, 0.1) is 0 Å². The van der Waals surface area contributed by atoms with Crippen molar-refractivity contribution in [3.05, 3.63) is 28.8 Å². The van der Waals surface area contributed by atoms with Crippen LogP contribution < -0.4 is 5.73 Å². The second-order valence-electron chi connectivity index (χ2n) is 4.08. The number of rotatable bonds is 6. The van der Waals surface area contributed by atoms with Gasteiger partial charge in [-0.25, -0.2) is 8.42 Å². The van der Waals surface area contributed by atoms with Gasteiger partial charge in [0.15, 0.2) is 0 Å². The number of carbonyl (C=O) groups is 1. The maximum Gasteiger partial charge on any atom is 0.321 e. The van der Waals surface area contributed by atoms with Crippen molar-refractivity contribution < 1.29 is 17.9 Å². The van der Waals surface area contributed by atoms with Crippen molar-refractivity contribution >= 4 is 44.8 Å². The van der Waals surface area contributed by atoms with Gasteiger partial charge in [-0.3, -0.25) is 4.79 Å². The highest BCUT2D eigenvalue weighted by Crippen LogP contribution is 2.25. The Bertz CT molecular complexity index is 661. The van der Waals surface area contributed by atoms with Crippen molar-refractivity contribution in [3.8, 4) is 0 Å². The Labute approximate surface area is 133 Å². The number of esters is 1. The van der Waals surface area contributed by atoms with Gasteiger partial charge in [0.25, 0.3) is 0 Å². The molecule has 0 saturated heterocycles. The van der Waals surface area contributed by atoms with E-state index in [9.17, 15) is 13.2 Å². The summed E-state index contributed by atoms with van der Waals surface area (Å²) >= 11 is 10.8. The van der Waals surface area contributed by atoms with Crippen molar-refractivity contribution in [1.82, 2.24) is 4.31 Å². The monoisotopic (exact) mass is 350 g/mol. The number of sulfonamides is 1. The molecule has 6 nitrogen and oxygen atoms in total. The van der Waals surface area contributed by atoms with Crippen LogP contribution in [-0.4, -0.2) is 43.9 Å². The zero-order valence-electron chi connectivity index (χ0n) is 11.5. The molecule has 0 spiro atoms. The molecular formula is C12H15ClN2O4S2. The topological polar surface area (TPSA) is 89.7 Å². The molecule has 0 bridgehead atoms. The first-order valence-electron chi connectivity index (χ1n) is 5.91. The minimum absolute atomic E-state index is 0.0176. The molecule has 1 aromatic carbocycles. The molecule has 116 valence electrons. The molecule has 0 saturated carbocycles. The van der Waals surface area contributed by atoms with Crippen LogP contribution in [0.2, 0.25) is 5.02 Å². The number of nitrogens with two attached hydrogens (primary N) is 1. The summed E-state index contributed by atoms with van der Waals surface area (Å²) in [5, 5.41) is -0.0176. The van der Waals surface area contributed by atoms with E-state index < -0.39 is 22.5 Å². The van der Waals surface area contributed by atoms with Crippen molar-refractivity contribution in [3.63, 3.8) is 0 Å². The molecule has 0 atom stereocenters. The number of ether oxygens (including phenoxy) is 1. The standard InChI is InChI=1S/C12H15ClN2O4S2/c1-3-19-11(16)7-15(2)21(17,18)10-5-4-8(12(14)20)6-9(10)13/h4-6H,3,7H2,1-2H3,(H2,14,20). The fourth-order valence-corrected chi connectivity index (χ4v) is 3.26. The summed E-state index contributed by atoms with van der Waals surface area (Å²) in [6, 6.07) is 4.13. The molecule has 0 aliphatic carbocycles. The highest BCUT2D eigenvalue weighted by molar-refractivity contribution is 7.89. The van der Waals surface area contributed by atoms with Gasteiger partial charge < -0.3 is 10.5 Å². The lowest BCUT2D eigenvalue weighted by Crippen LogP contribution is -2.33. The Morgan fingerprint density at radius 3 is 2.57 bits per heavy atom. The highest BCUT2D eigenvalue weighted by atomic mass is 35.5. The normalized spacial score (nSPS) is 11.4. The first-order chi connectivity index (χ1) is 9.70. The molecule has 0 aliphatic heterocycles. The van der Waals surface area contributed by atoms with Crippen LogP contribution in [0.3, 0.4) is 0 Å². The molecule has 1 aromatic rings. The molecule has 0 heterocycles. The number of carbonyl (C=O) groups excluding carboxylic acids is 1. The summed E-state index contributed by atoms with van der Waals surface area (Å²) in [4.78, 5) is 11.3. The summed E-state index contributed by atoms with van der Waals surface area (Å²) in [6.45, 7) is 1.41. The van der Waals surface area contributed by atoms with E-state index in [1.165, 1.54) is 25.2 Å². The van der Waals surface area contributed by atoms with Crippen LogP contribution in [0.4, 0.5) is 0 Å². The lowest BCUT2D eigenvalue weighted by Gasteiger charge is -2.17. The molecule has 0 unspecified atom stereocenters. The molecule has 2 N–H and O–H groups in total. The quantitative estimate of drug-likeness (QED) is 0.611. The van der Waals surface area contributed by atoms with E-state index in [0.29, 0.717) is 5.56 Å². The van der Waals surface area contributed by atoms with Gasteiger partial charge in [-0.05, 0) is 19.1 Å². The van der Waals surface area contributed by atoms with Gasteiger partial charge in [0.2, 0.25) is 10.0 Å². The lowest BCUT2D eigenvalue weighted by molar-refractivity contribution is -0.143. The molecule has 0 aliphatic rings. The molecule has 1 rings (SSSR count). The minimum atomic E-state index is -3.91. The maximum atomic E-state index is 12.3. The van der Waals surface area contributed by atoms with E-state index in [1.54, 1.807) is 6.92 Å². The molecular weight excluding hydrogens is 336 g/mol. The Morgan fingerprint density at radius 1 is 1.48 bits per heavy atom. The van der Waals surface area contributed by atoms with Crippen LogP contribution in [0.15, 0.2) is 23.1 Å². The zero-order valence-corrected chi connectivity index (χ0v) is 13.9. The summed E-state index contributed by atoms with van der Waals surface area (Å²) in [7, 11) is -2.64. The number of nitrogens with zero attached hydrogens (tertiary/aromatic N) is 1. The Kier molecular flexibility index (Phi) is 6.09. The Morgan fingerprint density at radius 2 is 2.10 bits per heavy atom. The number of likely N-dealkylation sites (N-methyl/N-ethyl adjacent to an activating group) is 1. The summed E-state index contributed by atoms with van der Waals surface area (Å²) < 4.78 is 30.3. The predicted molar refractivity (Wildman–Crippen MR) is 83.8 cm³/mol. The average Bonchev–Trinajstić information content (AvgIpc) is 2.38. The van der Waals surface area contributed by atoms with Crippen LogP contribution in [0.1, 0.15) is 12.5 Å². The van der Waals surface area contributed by atoms with E-state index in [-0.39, 0.29) is 21.5 Å². The highest BCUT2D eigenvalue weighted by Gasteiger charge is 2.26. The molecule has 0 amide bonds. The predicted octanol–water partition coefficient (Wildman–Crippen LogP) is 1.16. The zero-order chi connectivity index (χ0) is 16.2. The summed E-state index contributed by atoms with van der Waals surface area (Å²) in [5.41, 5.74) is 5.91. The van der Waals surface area contributed by atoms with Gasteiger partial charge in [-0.15, -0.1) is 0 Å². The van der Waals surface area contributed by atoms with Crippen molar-refractivity contribution in [2.75, 3.05) is 20.2 Å². The molecule has 0 radical (unpaired) electrons. The molecule has 0 aromatic heterocycles. The van der Waals surface area contributed by atoms with Crippen molar-refractivity contribution in [2.45, 2.75) is 11.8 Å². The fraction of sp³-hybridized carbons (Fsp3) is 0.333. The smallest absolute Gasteiger partial charge is 0.321 e. The summed E-state index contributed by atoms with van der Waals surface area (Å²) in [5.74, 6) is -0.639. The number of hydrogen-bond donors (Lipinski definition) is 1. The second kappa shape index (κ2) is 7.17. The largest absolute Gasteiger partial charge is 0.465 e. The lowest BCUT2D eigenvalue weighted by atomic mass is 10.2.